The third-order valence-corrected chi connectivity index (χ3v) is 3.26. The Balaban J connectivity index is 2.14. The van der Waals surface area contributed by atoms with Crippen molar-refractivity contribution in [2.24, 2.45) is 0 Å². The number of aryl methyl sites for hydroxylation is 1. The maximum Gasteiger partial charge on any atom is 0.326 e. The molecule has 0 aliphatic carbocycles. The van der Waals surface area contributed by atoms with Crippen LogP contribution in [0.3, 0.4) is 0 Å². The second-order valence-corrected chi connectivity index (χ2v) is 5.04. The highest BCUT2D eigenvalue weighted by molar-refractivity contribution is 6.31. The van der Waals surface area contributed by atoms with E-state index in [4.69, 9.17) is 11.6 Å². The molecule has 1 heterocycles. The average Bonchev–Trinajstić information content (AvgIpc) is 2.93. The highest BCUT2D eigenvalue weighted by atomic mass is 35.5. The fourth-order valence-electron chi connectivity index (χ4n) is 1.89. The number of carboxylic acid groups (broad SMARTS) is 1. The Morgan fingerprint density at radius 1 is 1.48 bits per heavy atom. The van der Waals surface area contributed by atoms with Crippen molar-refractivity contribution in [3.63, 3.8) is 0 Å². The summed E-state index contributed by atoms with van der Waals surface area (Å²) in [6.45, 7) is 1.76. The zero-order valence-corrected chi connectivity index (χ0v) is 12.0. The molecule has 3 N–H and O–H groups in total. The van der Waals surface area contributed by atoms with E-state index in [0.717, 1.165) is 5.56 Å². The van der Waals surface area contributed by atoms with Crippen molar-refractivity contribution in [3.05, 3.63) is 52.6 Å². The summed E-state index contributed by atoms with van der Waals surface area (Å²) < 4.78 is 0. The van der Waals surface area contributed by atoms with Crippen LogP contribution in [-0.2, 0) is 11.2 Å². The summed E-state index contributed by atoms with van der Waals surface area (Å²) >= 11 is 5.87. The largest absolute Gasteiger partial charge is 0.480 e. The number of imidazole rings is 1. The summed E-state index contributed by atoms with van der Waals surface area (Å²) in [5, 5.41) is 12.1. The summed E-state index contributed by atoms with van der Waals surface area (Å²) in [5.74, 6) is -1.58. The van der Waals surface area contributed by atoms with Gasteiger partial charge in [0.05, 0.1) is 6.33 Å². The summed E-state index contributed by atoms with van der Waals surface area (Å²) in [4.78, 5) is 30.1. The van der Waals surface area contributed by atoms with Crippen molar-refractivity contribution >= 4 is 23.5 Å². The molecule has 0 fully saturated rings. The first-order valence-corrected chi connectivity index (χ1v) is 6.62. The molecular weight excluding hydrogens is 294 g/mol. The fourth-order valence-corrected chi connectivity index (χ4v) is 2.06. The maximum absolute atomic E-state index is 12.2. The number of carboxylic acids is 1. The van der Waals surface area contributed by atoms with E-state index >= 15 is 0 Å². The lowest BCUT2D eigenvalue weighted by atomic mass is 10.1. The van der Waals surface area contributed by atoms with Gasteiger partial charge in [-0.3, -0.25) is 4.79 Å². The number of amides is 1. The van der Waals surface area contributed by atoms with Crippen LogP contribution < -0.4 is 5.32 Å². The molecule has 0 spiro atoms. The number of rotatable bonds is 5. The zero-order valence-electron chi connectivity index (χ0n) is 11.3. The highest BCUT2D eigenvalue weighted by Gasteiger charge is 2.22. The van der Waals surface area contributed by atoms with Gasteiger partial charge in [0.2, 0.25) is 0 Å². The van der Waals surface area contributed by atoms with E-state index in [1.807, 2.05) is 0 Å². The van der Waals surface area contributed by atoms with Gasteiger partial charge in [-0.25, -0.2) is 9.78 Å². The molecule has 0 aliphatic heterocycles. The molecule has 1 unspecified atom stereocenters. The van der Waals surface area contributed by atoms with E-state index in [1.54, 1.807) is 19.1 Å². The Hall–Kier alpha value is -2.34. The van der Waals surface area contributed by atoms with Gasteiger partial charge < -0.3 is 15.4 Å². The average molecular weight is 308 g/mol. The number of hydrogen-bond donors (Lipinski definition) is 3. The fraction of sp³-hybridized carbons (Fsp3) is 0.214. The Kier molecular flexibility index (Phi) is 4.59. The molecule has 6 nitrogen and oxygen atoms in total. The second-order valence-electron chi connectivity index (χ2n) is 4.60. The Labute approximate surface area is 126 Å². The summed E-state index contributed by atoms with van der Waals surface area (Å²) in [7, 11) is 0. The minimum atomic E-state index is -1.11. The molecule has 2 aromatic rings. The number of benzene rings is 1. The first-order valence-electron chi connectivity index (χ1n) is 6.24. The van der Waals surface area contributed by atoms with Crippen molar-refractivity contribution in [1.82, 2.24) is 15.3 Å². The Bertz CT molecular complexity index is 655. The smallest absolute Gasteiger partial charge is 0.326 e. The quantitative estimate of drug-likeness (QED) is 0.785. The summed E-state index contributed by atoms with van der Waals surface area (Å²) in [6, 6.07) is 3.85. The summed E-state index contributed by atoms with van der Waals surface area (Å²) in [5.41, 5.74) is 1.71. The standard InChI is InChI=1S/C14H14ClN3O3/c1-8-2-3-9(15)4-11(8)13(19)18-12(14(20)21)5-10-6-16-7-17-10/h2-4,6-7,12H,5H2,1H3,(H,16,17)(H,18,19)(H,20,21). The van der Waals surface area contributed by atoms with Crippen molar-refractivity contribution in [2.45, 2.75) is 19.4 Å². The minimum absolute atomic E-state index is 0.126. The van der Waals surface area contributed by atoms with Crippen LogP contribution in [0.25, 0.3) is 0 Å². The van der Waals surface area contributed by atoms with Gasteiger partial charge in [-0.05, 0) is 24.6 Å². The van der Waals surface area contributed by atoms with Gasteiger partial charge in [0, 0.05) is 28.9 Å². The van der Waals surface area contributed by atoms with Crippen LogP contribution in [0, 0.1) is 6.92 Å². The van der Waals surface area contributed by atoms with Crippen molar-refractivity contribution in [1.29, 1.82) is 0 Å². The van der Waals surface area contributed by atoms with Crippen molar-refractivity contribution < 1.29 is 14.7 Å². The molecule has 2 rings (SSSR count). The van der Waals surface area contributed by atoms with Gasteiger partial charge in [-0.1, -0.05) is 17.7 Å². The lowest BCUT2D eigenvalue weighted by Gasteiger charge is -2.15. The van der Waals surface area contributed by atoms with Crippen LogP contribution in [-0.4, -0.2) is 33.0 Å². The monoisotopic (exact) mass is 307 g/mol. The molecule has 0 radical (unpaired) electrons. The first kappa shape index (κ1) is 15.1. The SMILES string of the molecule is Cc1ccc(Cl)cc1C(=O)NC(Cc1cnc[nH]1)C(=O)O. The predicted octanol–water partition coefficient (Wildman–Crippen LogP) is 1.80. The third kappa shape index (κ3) is 3.82. The number of nitrogens with one attached hydrogen (secondary N) is 2. The van der Waals surface area contributed by atoms with Gasteiger partial charge in [-0.15, -0.1) is 0 Å². The van der Waals surface area contributed by atoms with Crippen LogP contribution in [0.1, 0.15) is 21.6 Å². The normalized spacial score (nSPS) is 11.9. The number of halogens is 1. The van der Waals surface area contributed by atoms with Crippen LogP contribution in [0.2, 0.25) is 5.02 Å². The molecule has 0 bridgehead atoms. The lowest BCUT2D eigenvalue weighted by Crippen LogP contribution is -2.42. The number of aromatic nitrogens is 2. The van der Waals surface area contributed by atoms with E-state index in [9.17, 15) is 14.7 Å². The Morgan fingerprint density at radius 2 is 2.24 bits per heavy atom. The Morgan fingerprint density at radius 3 is 2.86 bits per heavy atom. The molecule has 0 saturated carbocycles. The number of H-pyrrole nitrogens is 1. The molecular formula is C14H14ClN3O3. The van der Waals surface area contributed by atoms with E-state index in [2.05, 4.69) is 15.3 Å². The molecule has 110 valence electrons. The van der Waals surface area contributed by atoms with Gasteiger partial charge in [-0.2, -0.15) is 0 Å². The number of carbonyl (C=O) groups excluding carboxylic acids is 1. The molecule has 1 aromatic heterocycles. The number of hydrogen-bond acceptors (Lipinski definition) is 3. The van der Waals surface area contributed by atoms with Gasteiger partial charge in [0.1, 0.15) is 6.04 Å². The predicted molar refractivity (Wildman–Crippen MR) is 77.4 cm³/mol. The van der Waals surface area contributed by atoms with Gasteiger partial charge in [0.15, 0.2) is 0 Å². The van der Waals surface area contributed by atoms with Crippen LogP contribution in [0.15, 0.2) is 30.7 Å². The highest BCUT2D eigenvalue weighted by Crippen LogP contribution is 2.15. The second kappa shape index (κ2) is 6.41. The third-order valence-electron chi connectivity index (χ3n) is 3.03. The molecule has 21 heavy (non-hydrogen) atoms. The van der Waals surface area contributed by atoms with Crippen molar-refractivity contribution in [2.75, 3.05) is 0 Å². The van der Waals surface area contributed by atoms with Gasteiger partial charge >= 0.3 is 5.97 Å². The van der Waals surface area contributed by atoms with E-state index in [1.165, 1.54) is 18.6 Å². The minimum Gasteiger partial charge on any atom is -0.480 e. The van der Waals surface area contributed by atoms with E-state index < -0.39 is 17.9 Å². The van der Waals surface area contributed by atoms with Gasteiger partial charge in [0.25, 0.3) is 5.91 Å². The number of nitrogens with zero attached hydrogens (tertiary/aromatic N) is 1. The topological polar surface area (TPSA) is 95.1 Å². The zero-order chi connectivity index (χ0) is 15.4. The molecule has 7 heteroatoms. The molecule has 1 aromatic carbocycles. The molecule has 0 aliphatic rings. The van der Waals surface area contributed by atoms with Crippen LogP contribution in [0.4, 0.5) is 0 Å². The molecule has 1 atom stereocenters. The van der Waals surface area contributed by atoms with Crippen molar-refractivity contribution in [3.8, 4) is 0 Å². The number of aliphatic carboxylic acids is 1. The molecule has 1 amide bonds. The summed E-state index contributed by atoms with van der Waals surface area (Å²) in [6.07, 6.45) is 3.10. The van der Waals surface area contributed by atoms with E-state index in [0.29, 0.717) is 16.3 Å². The van der Waals surface area contributed by atoms with Crippen LogP contribution >= 0.6 is 11.6 Å². The maximum atomic E-state index is 12.2. The number of aromatic amines is 1. The van der Waals surface area contributed by atoms with Crippen LogP contribution in [0.5, 0.6) is 0 Å². The molecule has 0 saturated heterocycles. The van der Waals surface area contributed by atoms with E-state index in [-0.39, 0.29) is 6.42 Å². The number of carbonyl (C=O) groups is 2. The lowest BCUT2D eigenvalue weighted by molar-refractivity contribution is -0.139. The first-order chi connectivity index (χ1) is 9.97.